The van der Waals surface area contributed by atoms with E-state index in [0.29, 0.717) is 5.69 Å². The molecule has 0 aliphatic carbocycles. The Hall–Kier alpha value is -4.06. The molecule has 0 aliphatic rings. The molecule has 1 heterocycles. The van der Waals surface area contributed by atoms with E-state index in [1.807, 2.05) is 30.3 Å². The van der Waals surface area contributed by atoms with E-state index in [4.69, 9.17) is 5.73 Å². The average Bonchev–Trinajstić information content (AvgIpc) is 3.11. The van der Waals surface area contributed by atoms with Gasteiger partial charge in [-0.15, -0.1) is 0 Å². The van der Waals surface area contributed by atoms with Crippen molar-refractivity contribution in [3.05, 3.63) is 83.4 Å². The van der Waals surface area contributed by atoms with Gasteiger partial charge in [-0.25, -0.2) is 0 Å². The Morgan fingerprint density at radius 3 is 2.55 bits per heavy atom. The summed E-state index contributed by atoms with van der Waals surface area (Å²) in [6.45, 7) is 2.06. The van der Waals surface area contributed by atoms with Crippen LogP contribution in [0.2, 0.25) is 0 Å². The third-order valence-corrected chi connectivity index (χ3v) is 4.84. The number of anilines is 1. The predicted octanol–water partition coefficient (Wildman–Crippen LogP) is 4.20. The van der Waals surface area contributed by atoms with Gasteiger partial charge in [-0.3, -0.25) is 9.59 Å². The summed E-state index contributed by atoms with van der Waals surface area (Å²) in [6.07, 6.45) is 0. The van der Waals surface area contributed by atoms with E-state index in [1.165, 1.54) is 23.8 Å². The van der Waals surface area contributed by atoms with Crippen LogP contribution in [0.15, 0.2) is 66.7 Å². The summed E-state index contributed by atoms with van der Waals surface area (Å²) in [6, 6.07) is 19.8. The largest absolute Gasteiger partial charge is 0.507 e. The lowest BCUT2D eigenvalue weighted by atomic mass is 10.1. The molecule has 0 radical (unpaired) electrons. The van der Waals surface area contributed by atoms with Crippen LogP contribution in [0.1, 0.15) is 26.3 Å². The molecule has 6 heteroatoms. The normalized spacial score (nSPS) is 10.8. The highest BCUT2D eigenvalue weighted by Crippen LogP contribution is 2.28. The van der Waals surface area contributed by atoms with Gasteiger partial charge in [-0.1, -0.05) is 30.3 Å². The van der Waals surface area contributed by atoms with Crippen LogP contribution in [-0.2, 0) is 0 Å². The van der Waals surface area contributed by atoms with Crippen molar-refractivity contribution in [3.63, 3.8) is 0 Å². The molecule has 144 valence electrons. The Kier molecular flexibility index (Phi) is 4.52. The zero-order valence-corrected chi connectivity index (χ0v) is 15.7. The summed E-state index contributed by atoms with van der Waals surface area (Å²) in [5.74, 6) is -1.46. The number of aromatic nitrogens is 1. The first-order valence-corrected chi connectivity index (χ1v) is 9.05. The van der Waals surface area contributed by atoms with Crippen molar-refractivity contribution in [1.82, 2.24) is 4.98 Å². The highest BCUT2D eigenvalue weighted by atomic mass is 16.3. The van der Waals surface area contributed by atoms with Crippen LogP contribution in [0.5, 0.6) is 5.75 Å². The quantitative estimate of drug-likeness (QED) is 0.423. The van der Waals surface area contributed by atoms with Crippen LogP contribution in [0.4, 0.5) is 5.69 Å². The number of aryl methyl sites for hydroxylation is 1. The van der Waals surface area contributed by atoms with E-state index in [9.17, 15) is 14.7 Å². The minimum atomic E-state index is -0.798. The molecule has 0 saturated carbocycles. The Morgan fingerprint density at radius 1 is 1.00 bits per heavy atom. The number of nitrogens with two attached hydrogens (primary N) is 1. The molecule has 29 heavy (non-hydrogen) atoms. The summed E-state index contributed by atoms with van der Waals surface area (Å²) in [4.78, 5) is 27.3. The maximum Gasteiger partial charge on any atom is 0.255 e. The summed E-state index contributed by atoms with van der Waals surface area (Å²) < 4.78 is 0. The van der Waals surface area contributed by atoms with Crippen LogP contribution >= 0.6 is 0 Å². The molecule has 5 N–H and O–H groups in total. The number of amides is 2. The van der Waals surface area contributed by atoms with Crippen molar-refractivity contribution in [2.24, 2.45) is 5.73 Å². The number of H-pyrrole nitrogens is 1. The Balaban J connectivity index is 1.62. The molecule has 0 atom stereocenters. The number of fused-ring (bicyclic) bond motifs is 1. The lowest BCUT2D eigenvalue weighted by Gasteiger charge is -2.07. The zero-order valence-electron chi connectivity index (χ0n) is 15.7. The fraction of sp³-hybridized carbons (Fsp3) is 0.0435. The summed E-state index contributed by atoms with van der Waals surface area (Å²) >= 11 is 0. The van der Waals surface area contributed by atoms with Gasteiger partial charge in [0.25, 0.3) is 11.8 Å². The fourth-order valence-corrected chi connectivity index (χ4v) is 3.30. The summed E-state index contributed by atoms with van der Waals surface area (Å²) in [5.41, 5.74) is 10.2. The molecule has 3 aromatic carbocycles. The first-order valence-electron chi connectivity index (χ1n) is 9.05. The third kappa shape index (κ3) is 3.55. The average molecular weight is 385 g/mol. The first kappa shape index (κ1) is 18.3. The molecule has 1 aromatic heterocycles. The van der Waals surface area contributed by atoms with Gasteiger partial charge in [0, 0.05) is 33.4 Å². The van der Waals surface area contributed by atoms with E-state index >= 15 is 0 Å². The van der Waals surface area contributed by atoms with Crippen molar-refractivity contribution in [1.29, 1.82) is 0 Å². The molecule has 0 bridgehead atoms. The van der Waals surface area contributed by atoms with Crippen LogP contribution in [0, 0.1) is 6.92 Å². The topological polar surface area (TPSA) is 108 Å². The Labute approximate surface area is 167 Å². The number of rotatable bonds is 4. The number of primary amides is 1. The predicted molar refractivity (Wildman–Crippen MR) is 113 cm³/mol. The molecule has 0 unspecified atom stereocenters. The number of aromatic amines is 1. The molecule has 6 nitrogen and oxygen atoms in total. The third-order valence-electron chi connectivity index (χ3n) is 4.84. The number of carbonyl (C=O) groups excluding carboxylic acids is 2. The second kappa shape index (κ2) is 7.16. The van der Waals surface area contributed by atoms with E-state index in [0.717, 1.165) is 22.2 Å². The lowest BCUT2D eigenvalue weighted by Crippen LogP contribution is -2.15. The van der Waals surface area contributed by atoms with Crippen LogP contribution in [-0.4, -0.2) is 21.9 Å². The van der Waals surface area contributed by atoms with Gasteiger partial charge < -0.3 is 21.1 Å². The van der Waals surface area contributed by atoms with Crippen LogP contribution in [0.25, 0.3) is 22.2 Å². The molecule has 0 aliphatic heterocycles. The number of aromatic hydroxyl groups is 1. The second-order valence-electron chi connectivity index (χ2n) is 6.85. The van der Waals surface area contributed by atoms with Gasteiger partial charge in [0.05, 0.1) is 5.56 Å². The Morgan fingerprint density at radius 2 is 1.79 bits per heavy atom. The minimum absolute atomic E-state index is 0.0969. The monoisotopic (exact) mass is 385 g/mol. The lowest BCUT2D eigenvalue weighted by molar-refractivity contribution is 0.0997. The number of hydrogen-bond donors (Lipinski definition) is 4. The minimum Gasteiger partial charge on any atom is -0.507 e. The molecule has 0 saturated heterocycles. The number of benzene rings is 3. The highest BCUT2D eigenvalue weighted by Gasteiger charge is 2.13. The van der Waals surface area contributed by atoms with Crippen molar-refractivity contribution in [3.8, 4) is 17.0 Å². The smallest absolute Gasteiger partial charge is 0.255 e. The number of phenols is 1. The molecular formula is C23H19N3O3. The second-order valence-corrected chi connectivity index (χ2v) is 6.85. The maximum absolute atomic E-state index is 12.6. The first-order chi connectivity index (χ1) is 13.9. The van der Waals surface area contributed by atoms with Crippen molar-refractivity contribution >= 4 is 28.4 Å². The van der Waals surface area contributed by atoms with Crippen molar-refractivity contribution in [2.45, 2.75) is 6.92 Å². The summed E-state index contributed by atoms with van der Waals surface area (Å²) in [7, 11) is 0. The van der Waals surface area contributed by atoms with E-state index in [-0.39, 0.29) is 16.9 Å². The Bertz CT molecular complexity index is 1260. The molecule has 0 fully saturated rings. The van der Waals surface area contributed by atoms with Gasteiger partial charge in [0.1, 0.15) is 5.75 Å². The van der Waals surface area contributed by atoms with Crippen molar-refractivity contribution < 1.29 is 14.7 Å². The molecule has 0 spiro atoms. The SMILES string of the molecule is Cc1ccccc1-c1cc2ccc(NC(=O)c3ccc(O)c(C(N)=O)c3)cc2[nH]1. The van der Waals surface area contributed by atoms with Gasteiger partial charge in [-0.05, 0) is 48.9 Å². The van der Waals surface area contributed by atoms with Gasteiger partial charge >= 0.3 is 0 Å². The van der Waals surface area contributed by atoms with E-state index < -0.39 is 11.8 Å². The van der Waals surface area contributed by atoms with Crippen LogP contribution in [0.3, 0.4) is 0 Å². The number of hydrogen-bond acceptors (Lipinski definition) is 3. The van der Waals surface area contributed by atoms with Crippen molar-refractivity contribution in [2.75, 3.05) is 5.32 Å². The standard InChI is InChI=1S/C23H19N3O3/c1-13-4-2-3-5-17(13)20-11-14-6-8-16(12-19(14)26-20)25-23(29)15-7-9-21(27)18(10-15)22(24)28/h2-12,26-27H,1H3,(H2,24,28)(H,25,29). The van der Waals surface area contributed by atoms with E-state index in [1.54, 1.807) is 0 Å². The zero-order chi connectivity index (χ0) is 20.5. The van der Waals surface area contributed by atoms with Crippen LogP contribution < -0.4 is 11.1 Å². The van der Waals surface area contributed by atoms with Gasteiger partial charge in [0.15, 0.2) is 0 Å². The van der Waals surface area contributed by atoms with Gasteiger partial charge in [0.2, 0.25) is 0 Å². The number of nitrogens with one attached hydrogen (secondary N) is 2. The fourth-order valence-electron chi connectivity index (χ4n) is 3.30. The van der Waals surface area contributed by atoms with E-state index in [2.05, 4.69) is 35.4 Å². The number of carbonyl (C=O) groups is 2. The summed E-state index contributed by atoms with van der Waals surface area (Å²) in [5, 5.41) is 13.5. The molecular weight excluding hydrogens is 366 g/mol. The maximum atomic E-state index is 12.6. The highest BCUT2D eigenvalue weighted by molar-refractivity contribution is 6.07. The molecule has 4 rings (SSSR count). The van der Waals surface area contributed by atoms with Gasteiger partial charge in [-0.2, -0.15) is 0 Å². The molecule has 2 amide bonds. The molecule has 4 aromatic rings.